The van der Waals surface area contributed by atoms with Crippen molar-refractivity contribution in [2.75, 3.05) is 13.1 Å². The third kappa shape index (κ3) is 4.05. The van der Waals surface area contributed by atoms with E-state index in [4.69, 9.17) is 4.98 Å². The standard InChI is InChI=1S/C28H25BrFN3O/c29-24-2-1-3-25-26(24)33(17-18-14-15-32(16-18)28(34)22-8-9-22)27(31-25)21-6-4-19(5-7-21)20-10-12-23(30)13-11-20/h1-7,10-13,18,22H,8-9,14-17H2/t18-/m1/s1. The second kappa shape index (κ2) is 8.66. The van der Waals surface area contributed by atoms with Crippen LogP contribution in [0.4, 0.5) is 4.39 Å². The number of halogens is 2. The summed E-state index contributed by atoms with van der Waals surface area (Å²) >= 11 is 3.74. The van der Waals surface area contributed by atoms with Gasteiger partial charge in [-0.1, -0.05) is 42.5 Å². The minimum absolute atomic E-state index is 0.232. The predicted molar refractivity (Wildman–Crippen MR) is 136 cm³/mol. The minimum Gasteiger partial charge on any atom is -0.342 e. The molecule has 2 aliphatic rings. The van der Waals surface area contributed by atoms with Gasteiger partial charge in [0, 0.05) is 35.6 Å². The number of hydrogen-bond donors (Lipinski definition) is 0. The SMILES string of the molecule is O=C(C1CC1)N1CC[C@@H](Cn2c(-c3ccc(-c4ccc(F)cc4)cc3)nc3cccc(Br)c32)C1. The van der Waals surface area contributed by atoms with Gasteiger partial charge in [-0.3, -0.25) is 4.79 Å². The molecule has 0 unspecified atom stereocenters. The maximum Gasteiger partial charge on any atom is 0.225 e. The fourth-order valence-electron chi connectivity index (χ4n) is 5.02. The van der Waals surface area contributed by atoms with E-state index in [1.165, 1.54) is 12.1 Å². The van der Waals surface area contributed by atoms with Crippen LogP contribution in [0, 0.1) is 17.7 Å². The topological polar surface area (TPSA) is 38.1 Å². The molecule has 6 rings (SSSR count). The van der Waals surface area contributed by atoms with Crippen molar-refractivity contribution in [3.63, 3.8) is 0 Å². The molecule has 2 heterocycles. The first-order valence-electron chi connectivity index (χ1n) is 11.9. The van der Waals surface area contributed by atoms with Crippen LogP contribution in [0.25, 0.3) is 33.5 Å². The van der Waals surface area contributed by atoms with Gasteiger partial charge in [0.05, 0.1) is 11.0 Å². The van der Waals surface area contributed by atoms with Gasteiger partial charge in [0.15, 0.2) is 0 Å². The lowest BCUT2D eigenvalue weighted by Crippen LogP contribution is -2.30. The van der Waals surface area contributed by atoms with Crippen LogP contribution in [0.2, 0.25) is 0 Å². The zero-order chi connectivity index (χ0) is 23.2. The van der Waals surface area contributed by atoms with Crippen molar-refractivity contribution in [3.8, 4) is 22.5 Å². The molecule has 1 atom stereocenters. The van der Waals surface area contributed by atoms with Gasteiger partial charge in [-0.05, 0) is 76.5 Å². The Morgan fingerprint density at radius 3 is 2.32 bits per heavy atom. The third-order valence-corrected chi connectivity index (χ3v) is 7.64. The van der Waals surface area contributed by atoms with E-state index in [-0.39, 0.29) is 11.7 Å². The molecule has 0 N–H and O–H groups in total. The Morgan fingerprint density at radius 2 is 1.62 bits per heavy atom. The van der Waals surface area contributed by atoms with Crippen LogP contribution in [-0.2, 0) is 11.3 Å². The van der Waals surface area contributed by atoms with Crippen molar-refractivity contribution in [2.45, 2.75) is 25.8 Å². The Balaban J connectivity index is 1.33. The number of para-hydroxylation sites is 1. The molecule has 2 fully saturated rings. The second-order valence-corrected chi connectivity index (χ2v) is 10.3. The summed E-state index contributed by atoms with van der Waals surface area (Å²) in [5, 5.41) is 0. The van der Waals surface area contributed by atoms with Gasteiger partial charge < -0.3 is 9.47 Å². The summed E-state index contributed by atoms with van der Waals surface area (Å²) in [6.07, 6.45) is 3.12. The lowest BCUT2D eigenvalue weighted by Gasteiger charge is -2.18. The number of imidazole rings is 1. The summed E-state index contributed by atoms with van der Waals surface area (Å²) in [4.78, 5) is 19.6. The third-order valence-electron chi connectivity index (χ3n) is 7.00. The molecule has 3 aromatic carbocycles. The van der Waals surface area contributed by atoms with Crippen LogP contribution in [0.15, 0.2) is 71.2 Å². The fourth-order valence-corrected chi connectivity index (χ4v) is 5.59. The number of aromatic nitrogens is 2. The van der Waals surface area contributed by atoms with Crippen LogP contribution >= 0.6 is 15.9 Å². The average molecular weight is 518 g/mol. The van der Waals surface area contributed by atoms with Gasteiger partial charge in [0.1, 0.15) is 11.6 Å². The highest BCUT2D eigenvalue weighted by atomic mass is 79.9. The van der Waals surface area contributed by atoms with E-state index < -0.39 is 0 Å². The summed E-state index contributed by atoms with van der Waals surface area (Å²) < 4.78 is 16.6. The van der Waals surface area contributed by atoms with Crippen LogP contribution in [0.5, 0.6) is 0 Å². The molecule has 0 radical (unpaired) electrons. The first kappa shape index (κ1) is 21.5. The molecule has 1 amide bonds. The van der Waals surface area contributed by atoms with E-state index in [1.807, 2.05) is 12.1 Å². The summed E-state index contributed by atoms with van der Waals surface area (Å²) in [7, 11) is 0. The zero-order valence-corrected chi connectivity index (χ0v) is 20.3. The van der Waals surface area contributed by atoms with Gasteiger partial charge in [0.2, 0.25) is 5.91 Å². The van der Waals surface area contributed by atoms with Gasteiger partial charge in [0.25, 0.3) is 0 Å². The quantitative estimate of drug-likeness (QED) is 0.301. The molecule has 1 saturated carbocycles. The second-order valence-electron chi connectivity index (χ2n) is 9.45. The number of amides is 1. The molecular weight excluding hydrogens is 493 g/mol. The van der Waals surface area contributed by atoms with Crippen LogP contribution < -0.4 is 0 Å². The monoisotopic (exact) mass is 517 g/mol. The van der Waals surface area contributed by atoms with Gasteiger partial charge in [-0.2, -0.15) is 0 Å². The van der Waals surface area contributed by atoms with Crippen molar-refractivity contribution in [1.82, 2.24) is 14.5 Å². The highest BCUT2D eigenvalue weighted by molar-refractivity contribution is 9.10. The number of hydrogen-bond acceptors (Lipinski definition) is 2. The molecule has 1 aliphatic heterocycles. The smallest absolute Gasteiger partial charge is 0.225 e. The summed E-state index contributed by atoms with van der Waals surface area (Å²) in [5.74, 6) is 1.72. The van der Waals surface area contributed by atoms with Crippen LogP contribution in [0.3, 0.4) is 0 Å². The summed E-state index contributed by atoms with van der Waals surface area (Å²) in [5.41, 5.74) is 5.11. The molecule has 6 heteroatoms. The molecular formula is C28H25BrFN3O. The lowest BCUT2D eigenvalue weighted by atomic mass is 10.0. The molecule has 0 spiro atoms. The van der Waals surface area contributed by atoms with Crippen LogP contribution in [-0.4, -0.2) is 33.4 Å². The van der Waals surface area contributed by atoms with E-state index >= 15 is 0 Å². The van der Waals surface area contributed by atoms with Gasteiger partial charge >= 0.3 is 0 Å². The molecule has 172 valence electrons. The van der Waals surface area contributed by atoms with Crippen molar-refractivity contribution < 1.29 is 9.18 Å². The first-order valence-corrected chi connectivity index (χ1v) is 12.7. The molecule has 1 aliphatic carbocycles. The number of carbonyl (C=O) groups excluding carboxylic acids is 1. The highest BCUT2D eigenvalue weighted by Crippen LogP contribution is 2.35. The van der Waals surface area contributed by atoms with E-state index in [9.17, 15) is 9.18 Å². The largest absolute Gasteiger partial charge is 0.342 e. The number of nitrogens with zero attached hydrogens (tertiary/aromatic N) is 3. The highest BCUT2D eigenvalue weighted by Gasteiger charge is 2.36. The summed E-state index contributed by atoms with van der Waals surface area (Å²) in [6, 6.07) is 21.0. The number of fused-ring (bicyclic) bond motifs is 1. The average Bonchev–Trinajstić information content (AvgIpc) is 3.49. The Hall–Kier alpha value is -2.99. The maximum atomic E-state index is 13.3. The Labute approximate surface area is 206 Å². The van der Waals surface area contributed by atoms with Gasteiger partial charge in [-0.15, -0.1) is 0 Å². The number of carbonyl (C=O) groups is 1. The fraction of sp³-hybridized carbons (Fsp3) is 0.286. The zero-order valence-electron chi connectivity index (χ0n) is 18.8. The lowest BCUT2D eigenvalue weighted by molar-refractivity contribution is -0.131. The van der Waals surface area contributed by atoms with Crippen LogP contribution in [0.1, 0.15) is 19.3 Å². The van der Waals surface area contributed by atoms with Crippen molar-refractivity contribution in [2.24, 2.45) is 11.8 Å². The maximum absolute atomic E-state index is 13.3. The Morgan fingerprint density at radius 1 is 0.941 bits per heavy atom. The number of rotatable bonds is 5. The molecule has 4 nitrogen and oxygen atoms in total. The molecule has 1 saturated heterocycles. The van der Waals surface area contributed by atoms with E-state index in [2.05, 4.69) is 55.7 Å². The van der Waals surface area contributed by atoms with E-state index in [0.717, 1.165) is 76.9 Å². The molecule has 4 aromatic rings. The molecule has 0 bridgehead atoms. The number of benzene rings is 3. The van der Waals surface area contributed by atoms with Gasteiger partial charge in [-0.25, -0.2) is 9.37 Å². The molecule has 34 heavy (non-hydrogen) atoms. The number of likely N-dealkylation sites (tertiary alicyclic amines) is 1. The predicted octanol–water partition coefficient (Wildman–Crippen LogP) is 6.53. The van der Waals surface area contributed by atoms with Crippen molar-refractivity contribution >= 4 is 32.9 Å². The summed E-state index contributed by atoms with van der Waals surface area (Å²) in [6.45, 7) is 2.50. The minimum atomic E-state index is -0.232. The first-order chi connectivity index (χ1) is 16.6. The molecule has 1 aromatic heterocycles. The van der Waals surface area contributed by atoms with Crippen molar-refractivity contribution in [1.29, 1.82) is 0 Å². The Kier molecular flexibility index (Phi) is 5.48. The van der Waals surface area contributed by atoms with Crippen molar-refractivity contribution in [3.05, 3.63) is 77.0 Å². The van der Waals surface area contributed by atoms with E-state index in [0.29, 0.717) is 11.8 Å². The normalized spacial score (nSPS) is 18.1. The Bertz CT molecular complexity index is 1360. The van der Waals surface area contributed by atoms with E-state index in [1.54, 1.807) is 12.1 Å².